The summed E-state index contributed by atoms with van der Waals surface area (Å²) in [6.07, 6.45) is 1.03. The first-order chi connectivity index (χ1) is 8.38. The van der Waals surface area contributed by atoms with Gasteiger partial charge in [0, 0.05) is 11.3 Å². The minimum atomic E-state index is 0.292. The molecule has 2 heterocycles. The summed E-state index contributed by atoms with van der Waals surface area (Å²) in [4.78, 5) is 1.35. The second-order valence-corrected chi connectivity index (χ2v) is 5.18. The minimum Gasteiger partial charge on any atom is -0.493 e. The fraction of sp³-hybridized carbons (Fsp3) is 0.286. The number of hydrogen-bond donors (Lipinski definition) is 1. The maximum atomic E-state index is 5.54. The molecule has 2 aromatic rings. The van der Waals surface area contributed by atoms with Crippen LogP contribution in [0.1, 0.15) is 22.0 Å². The van der Waals surface area contributed by atoms with Gasteiger partial charge in [-0.15, -0.1) is 11.3 Å². The molecule has 0 radical (unpaired) electrons. The van der Waals surface area contributed by atoms with Crippen LogP contribution in [0, 0.1) is 0 Å². The molecule has 0 aliphatic carbocycles. The van der Waals surface area contributed by atoms with Crippen LogP contribution in [0.5, 0.6) is 5.75 Å². The summed E-state index contributed by atoms with van der Waals surface area (Å²) < 4.78 is 5.54. The van der Waals surface area contributed by atoms with Gasteiger partial charge >= 0.3 is 0 Å². The highest BCUT2D eigenvalue weighted by Gasteiger charge is 2.17. The van der Waals surface area contributed by atoms with Crippen molar-refractivity contribution in [2.75, 3.05) is 13.7 Å². The lowest BCUT2D eigenvalue weighted by Gasteiger charge is -2.15. The third-order valence-electron chi connectivity index (χ3n) is 3.16. The van der Waals surface area contributed by atoms with Crippen molar-refractivity contribution in [3.63, 3.8) is 0 Å². The van der Waals surface area contributed by atoms with Gasteiger partial charge in [0.25, 0.3) is 0 Å². The number of hydrogen-bond acceptors (Lipinski definition) is 3. The van der Waals surface area contributed by atoms with E-state index >= 15 is 0 Å². The van der Waals surface area contributed by atoms with Crippen LogP contribution in [0.3, 0.4) is 0 Å². The Bertz CT molecular complexity index is 507. The lowest BCUT2D eigenvalue weighted by atomic mass is 10.0. The smallest absolute Gasteiger partial charge is 0.122 e. The van der Waals surface area contributed by atoms with Crippen LogP contribution < -0.4 is 10.1 Å². The highest BCUT2D eigenvalue weighted by Crippen LogP contribution is 2.31. The van der Waals surface area contributed by atoms with Crippen molar-refractivity contribution < 1.29 is 4.74 Å². The van der Waals surface area contributed by atoms with Crippen molar-refractivity contribution in [3.8, 4) is 5.75 Å². The maximum Gasteiger partial charge on any atom is 0.122 e. The molecule has 1 N–H and O–H groups in total. The van der Waals surface area contributed by atoms with E-state index in [1.165, 1.54) is 16.0 Å². The fourth-order valence-electron chi connectivity index (χ4n) is 2.31. The average Bonchev–Trinajstić information content (AvgIpc) is 2.99. The predicted molar refractivity (Wildman–Crippen MR) is 70.9 cm³/mol. The topological polar surface area (TPSA) is 21.3 Å². The quantitative estimate of drug-likeness (QED) is 0.897. The summed E-state index contributed by atoms with van der Waals surface area (Å²) in [5, 5.41) is 5.50. The van der Waals surface area contributed by atoms with Crippen molar-refractivity contribution in [3.05, 3.63) is 51.7 Å². The Morgan fingerprint density at radius 3 is 3.06 bits per heavy atom. The van der Waals surface area contributed by atoms with Crippen LogP contribution in [0.2, 0.25) is 0 Å². The Balaban J connectivity index is 1.97. The Hall–Kier alpha value is -1.32. The van der Waals surface area contributed by atoms with Crippen molar-refractivity contribution in [2.24, 2.45) is 0 Å². The van der Waals surface area contributed by atoms with Gasteiger partial charge in [-0.1, -0.05) is 18.2 Å². The Morgan fingerprint density at radius 2 is 2.29 bits per heavy atom. The van der Waals surface area contributed by atoms with Gasteiger partial charge in [0.1, 0.15) is 5.75 Å². The van der Waals surface area contributed by atoms with Crippen molar-refractivity contribution >= 4 is 11.3 Å². The van der Waals surface area contributed by atoms with Crippen LogP contribution in [0.15, 0.2) is 35.7 Å². The van der Waals surface area contributed by atoms with E-state index in [1.807, 2.05) is 7.05 Å². The van der Waals surface area contributed by atoms with Crippen molar-refractivity contribution in [2.45, 2.75) is 12.5 Å². The molecule has 0 spiro atoms. The molecule has 3 heteroatoms. The second-order valence-electron chi connectivity index (χ2n) is 4.20. The molecule has 0 fully saturated rings. The third-order valence-corrected chi connectivity index (χ3v) is 4.10. The van der Waals surface area contributed by atoms with E-state index in [0.29, 0.717) is 6.04 Å². The number of rotatable bonds is 3. The molecular formula is C14H15NOS. The van der Waals surface area contributed by atoms with Crippen LogP contribution >= 0.6 is 11.3 Å². The van der Waals surface area contributed by atoms with E-state index < -0.39 is 0 Å². The molecule has 88 valence electrons. The normalized spacial score (nSPS) is 15.4. The fourth-order valence-corrected chi connectivity index (χ4v) is 3.18. The first kappa shape index (κ1) is 10.8. The average molecular weight is 245 g/mol. The molecule has 3 rings (SSSR count). The summed E-state index contributed by atoms with van der Waals surface area (Å²) in [5.41, 5.74) is 2.65. The first-order valence-electron chi connectivity index (χ1n) is 5.85. The monoisotopic (exact) mass is 245 g/mol. The van der Waals surface area contributed by atoms with Gasteiger partial charge in [0.2, 0.25) is 0 Å². The van der Waals surface area contributed by atoms with E-state index in [-0.39, 0.29) is 0 Å². The van der Waals surface area contributed by atoms with Crippen LogP contribution in [-0.2, 0) is 6.42 Å². The van der Waals surface area contributed by atoms with Crippen LogP contribution in [0.25, 0.3) is 0 Å². The van der Waals surface area contributed by atoms with Gasteiger partial charge in [-0.2, -0.15) is 0 Å². The van der Waals surface area contributed by atoms with Gasteiger partial charge in [0.15, 0.2) is 0 Å². The number of benzene rings is 1. The van der Waals surface area contributed by atoms with Crippen molar-refractivity contribution in [1.29, 1.82) is 0 Å². The second kappa shape index (κ2) is 4.51. The number of ether oxygens (including phenoxy) is 1. The van der Waals surface area contributed by atoms with E-state index in [4.69, 9.17) is 4.74 Å². The summed E-state index contributed by atoms with van der Waals surface area (Å²) >= 11 is 1.79. The molecular weight excluding hydrogens is 230 g/mol. The lowest BCUT2D eigenvalue weighted by molar-refractivity contribution is 0.357. The first-order valence-corrected chi connectivity index (χ1v) is 6.73. The molecule has 1 atom stereocenters. The van der Waals surface area contributed by atoms with Crippen LogP contribution in [-0.4, -0.2) is 13.7 Å². The Morgan fingerprint density at radius 1 is 1.35 bits per heavy atom. The van der Waals surface area contributed by atoms with Gasteiger partial charge in [0.05, 0.1) is 12.6 Å². The van der Waals surface area contributed by atoms with Gasteiger partial charge in [-0.25, -0.2) is 0 Å². The third kappa shape index (κ3) is 1.96. The minimum absolute atomic E-state index is 0.292. The highest BCUT2D eigenvalue weighted by atomic mass is 32.1. The molecule has 0 saturated carbocycles. The molecule has 1 unspecified atom stereocenters. The molecule has 1 aromatic heterocycles. The lowest BCUT2D eigenvalue weighted by Crippen LogP contribution is -2.16. The number of nitrogens with one attached hydrogen (secondary N) is 1. The Labute approximate surface area is 105 Å². The molecule has 0 bridgehead atoms. The number of thiophene rings is 1. The predicted octanol–water partition coefficient (Wildman–Crippen LogP) is 2.99. The van der Waals surface area contributed by atoms with E-state index in [1.54, 1.807) is 11.3 Å². The summed E-state index contributed by atoms with van der Waals surface area (Å²) in [6, 6.07) is 11.1. The zero-order valence-corrected chi connectivity index (χ0v) is 10.6. The van der Waals surface area contributed by atoms with Crippen LogP contribution in [0.4, 0.5) is 0 Å². The zero-order valence-electron chi connectivity index (χ0n) is 9.77. The largest absolute Gasteiger partial charge is 0.493 e. The summed E-state index contributed by atoms with van der Waals surface area (Å²) in [7, 11) is 2.01. The summed E-state index contributed by atoms with van der Waals surface area (Å²) in [5.74, 6) is 1.05. The number of fused-ring (bicyclic) bond motifs is 1. The maximum absolute atomic E-state index is 5.54. The zero-order chi connectivity index (χ0) is 11.7. The SMILES string of the molecule is CNC(c1ccc2c(c1)CCO2)c1cccs1. The van der Waals surface area contributed by atoms with Gasteiger partial charge < -0.3 is 10.1 Å². The van der Waals surface area contributed by atoms with E-state index in [9.17, 15) is 0 Å². The molecule has 1 aliphatic rings. The van der Waals surface area contributed by atoms with Crippen molar-refractivity contribution in [1.82, 2.24) is 5.32 Å². The molecule has 1 aromatic carbocycles. The van der Waals surface area contributed by atoms with E-state index in [0.717, 1.165) is 18.8 Å². The molecule has 1 aliphatic heterocycles. The molecule has 0 amide bonds. The van der Waals surface area contributed by atoms with Gasteiger partial charge in [-0.3, -0.25) is 0 Å². The molecule has 17 heavy (non-hydrogen) atoms. The van der Waals surface area contributed by atoms with Gasteiger partial charge in [-0.05, 0) is 35.7 Å². The van der Waals surface area contributed by atoms with E-state index in [2.05, 4.69) is 41.0 Å². The summed E-state index contributed by atoms with van der Waals surface area (Å²) in [6.45, 7) is 0.821. The highest BCUT2D eigenvalue weighted by molar-refractivity contribution is 7.10. The Kier molecular flexibility index (Phi) is 2.87. The standard InChI is InChI=1S/C14H15NOS/c1-15-14(13-3-2-8-17-13)11-4-5-12-10(9-11)6-7-16-12/h2-5,8-9,14-15H,6-7H2,1H3. The molecule has 0 saturated heterocycles. The molecule has 2 nitrogen and oxygen atoms in total.